The van der Waals surface area contributed by atoms with Gasteiger partial charge in [-0.2, -0.15) is 11.8 Å². The Morgan fingerprint density at radius 2 is 2.00 bits per heavy atom. The van der Waals surface area contributed by atoms with Crippen LogP contribution in [0, 0.1) is 0 Å². The summed E-state index contributed by atoms with van der Waals surface area (Å²) in [5, 5.41) is 3.49. The van der Waals surface area contributed by atoms with E-state index < -0.39 is 0 Å². The Hall–Kier alpha value is -1.36. The number of anilines is 2. The van der Waals surface area contributed by atoms with Gasteiger partial charge in [0.05, 0.1) is 0 Å². The van der Waals surface area contributed by atoms with Gasteiger partial charge in [0.15, 0.2) is 0 Å². The van der Waals surface area contributed by atoms with Crippen LogP contribution >= 0.6 is 11.8 Å². The first-order valence-corrected chi connectivity index (χ1v) is 7.26. The predicted molar refractivity (Wildman–Crippen MR) is 77.7 cm³/mol. The van der Waals surface area contributed by atoms with Gasteiger partial charge in [-0.3, -0.25) is 4.79 Å². The zero-order valence-corrected chi connectivity index (χ0v) is 11.1. The number of nitrogens with one attached hydrogen (secondary N) is 1. The normalized spacial score (nSPS) is 19.4. The maximum absolute atomic E-state index is 12.0. The van der Waals surface area contributed by atoms with Crippen LogP contribution < -0.4 is 16.8 Å². The van der Waals surface area contributed by atoms with Crippen LogP contribution in [0.5, 0.6) is 0 Å². The lowest BCUT2D eigenvalue weighted by Gasteiger charge is -2.21. The lowest BCUT2D eigenvalue weighted by molar-refractivity contribution is 0.0953. The zero-order valence-electron chi connectivity index (χ0n) is 10.3. The quantitative estimate of drug-likeness (QED) is 0.729. The first kappa shape index (κ1) is 13.1. The van der Waals surface area contributed by atoms with Crippen molar-refractivity contribution in [2.45, 2.75) is 24.5 Å². The molecular formula is C13H19N3OS. The van der Waals surface area contributed by atoms with E-state index in [-0.39, 0.29) is 5.91 Å². The minimum absolute atomic E-state index is 0.0971. The molecule has 1 aliphatic rings. The fourth-order valence-corrected chi connectivity index (χ4v) is 3.32. The van der Waals surface area contributed by atoms with E-state index in [0.29, 0.717) is 22.2 Å². The van der Waals surface area contributed by atoms with E-state index in [1.54, 1.807) is 18.2 Å². The number of carbonyl (C=O) groups excluding carboxylic acids is 1. The average molecular weight is 265 g/mol. The van der Waals surface area contributed by atoms with E-state index in [1.807, 2.05) is 11.8 Å². The molecule has 0 aliphatic carbocycles. The molecule has 18 heavy (non-hydrogen) atoms. The Labute approximate surface area is 111 Å². The van der Waals surface area contributed by atoms with Crippen LogP contribution in [-0.2, 0) is 0 Å². The fraction of sp³-hybridized carbons (Fsp3) is 0.462. The molecule has 4 nitrogen and oxygen atoms in total. The monoisotopic (exact) mass is 265 g/mol. The summed E-state index contributed by atoms with van der Waals surface area (Å²) in [7, 11) is 0. The SMILES string of the molecule is Nc1cc(N)cc(C(=O)NCC2CCCCS2)c1. The molecule has 0 saturated carbocycles. The Morgan fingerprint density at radius 3 is 2.61 bits per heavy atom. The van der Waals surface area contributed by atoms with Crippen LogP contribution in [0.3, 0.4) is 0 Å². The number of hydrogen-bond acceptors (Lipinski definition) is 4. The third-order valence-electron chi connectivity index (χ3n) is 3.00. The Balaban J connectivity index is 1.90. The maximum atomic E-state index is 12.0. The van der Waals surface area contributed by atoms with Crippen molar-refractivity contribution in [3.8, 4) is 0 Å². The molecule has 0 bridgehead atoms. The first-order chi connectivity index (χ1) is 8.65. The molecule has 1 atom stereocenters. The number of benzene rings is 1. The standard InChI is InChI=1S/C13H19N3OS/c14-10-5-9(6-11(15)7-10)13(17)16-8-12-3-1-2-4-18-12/h5-7,12H,1-4,8,14-15H2,(H,16,17). The Morgan fingerprint density at radius 1 is 1.28 bits per heavy atom. The summed E-state index contributed by atoms with van der Waals surface area (Å²) in [5.41, 5.74) is 12.9. The third-order valence-corrected chi connectivity index (χ3v) is 4.40. The van der Waals surface area contributed by atoms with E-state index in [0.717, 1.165) is 6.54 Å². The summed E-state index contributed by atoms with van der Waals surface area (Å²) >= 11 is 1.94. The lowest BCUT2D eigenvalue weighted by atomic mass is 10.1. The van der Waals surface area contributed by atoms with E-state index in [9.17, 15) is 4.79 Å². The van der Waals surface area contributed by atoms with Crippen LogP contribution in [0.15, 0.2) is 18.2 Å². The largest absolute Gasteiger partial charge is 0.399 e. The second kappa shape index (κ2) is 6.00. The summed E-state index contributed by atoms with van der Waals surface area (Å²) in [5.74, 6) is 1.10. The van der Waals surface area contributed by atoms with E-state index >= 15 is 0 Å². The second-order valence-electron chi connectivity index (χ2n) is 4.59. The highest BCUT2D eigenvalue weighted by molar-refractivity contribution is 7.99. The topological polar surface area (TPSA) is 81.1 Å². The van der Waals surface area contributed by atoms with Gasteiger partial charge in [-0.25, -0.2) is 0 Å². The van der Waals surface area contributed by atoms with Crippen molar-refractivity contribution in [1.29, 1.82) is 0 Å². The van der Waals surface area contributed by atoms with Crippen molar-refractivity contribution in [1.82, 2.24) is 5.32 Å². The molecule has 1 heterocycles. The molecule has 0 radical (unpaired) electrons. The van der Waals surface area contributed by atoms with Crippen LogP contribution in [-0.4, -0.2) is 23.5 Å². The number of nitrogen functional groups attached to an aromatic ring is 2. The van der Waals surface area contributed by atoms with Crippen molar-refractivity contribution in [3.63, 3.8) is 0 Å². The van der Waals surface area contributed by atoms with Gasteiger partial charge in [0.1, 0.15) is 0 Å². The molecule has 2 rings (SSSR count). The number of carbonyl (C=O) groups is 1. The molecule has 1 aromatic carbocycles. The van der Waals surface area contributed by atoms with Gasteiger partial charge in [0, 0.05) is 28.7 Å². The molecule has 1 unspecified atom stereocenters. The molecule has 1 aromatic rings. The smallest absolute Gasteiger partial charge is 0.251 e. The summed E-state index contributed by atoms with van der Waals surface area (Å²) in [6.45, 7) is 0.720. The fourth-order valence-electron chi connectivity index (χ4n) is 2.08. The van der Waals surface area contributed by atoms with E-state index in [2.05, 4.69) is 5.32 Å². The van der Waals surface area contributed by atoms with Crippen molar-refractivity contribution < 1.29 is 4.79 Å². The van der Waals surface area contributed by atoms with Crippen LogP contribution in [0.25, 0.3) is 0 Å². The summed E-state index contributed by atoms with van der Waals surface area (Å²) < 4.78 is 0. The molecule has 1 saturated heterocycles. The van der Waals surface area contributed by atoms with Crippen molar-refractivity contribution >= 4 is 29.0 Å². The van der Waals surface area contributed by atoms with Crippen LogP contribution in [0.1, 0.15) is 29.6 Å². The number of thioether (sulfide) groups is 1. The lowest BCUT2D eigenvalue weighted by Crippen LogP contribution is -2.32. The highest BCUT2D eigenvalue weighted by Crippen LogP contribution is 2.24. The average Bonchev–Trinajstić information content (AvgIpc) is 2.36. The first-order valence-electron chi connectivity index (χ1n) is 6.21. The molecule has 1 amide bonds. The van der Waals surface area contributed by atoms with Gasteiger partial charge in [-0.05, 0) is 36.8 Å². The maximum Gasteiger partial charge on any atom is 0.251 e. The number of nitrogens with two attached hydrogens (primary N) is 2. The molecule has 5 heteroatoms. The molecule has 1 aliphatic heterocycles. The molecular weight excluding hydrogens is 246 g/mol. The van der Waals surface area contributed by atoms with Gasteiger partial charge in [0.2, 0.25) is 0 Å². The molecule has 98 valence electrons. The number of amides is 1. The zero-order chi connectivity index (χ0) is 13.0. The molecule has 1 fully saturated rings. The van der Waals surface area contributed by atoms with Crippen molar-refractivity contribution in [2.24, 2.45) is 0 Å². The van der Waals surface area contributed by atoms with Gasteiger partial charge >= 0.3 is 0 Å². The summed E-state index contributed by atoms with van der Waals surface area (Å²) in [6.07, 6.45) is 3.74. The highest BCUT2D eigenvalue weighted by atomic mass is 32.2. The van der Waals surface area contributed by atoms with Crippen LogP contribution in [0.2, 0.25) is 0 Å². The van der Waals surface area contributed by atoms with Crippen molar-refractivity contribution in [3.05, 3.63) is 23.8 Å². The van der Waals surface area contributed by atoms with Gasteiger partial charge in [-0.15, -0.1) is 0 Å². The van der Waals surface area contributed by atoms with E-state index in [1.165, 1.54) is 25.0 Å². The predicted octanol–water partition coefficient (Wildman–Crippen LogP) is 1.87. The number of hydrogen-bond donors (Lipinski definition) is 3. The van der Waals surface area contributed by atoms with Gasteiger partial charge < -0.3 is 16.8 Å². The van der Waals surface area contributed by atoms with Gasteiger partial charge in [0.25, 0.3) is 5.91 Å². The summed E-state index contributed by atoms with van der Waals surface area (Å²) in [6, 6.07) is 4.95. The van der Waals surface area contributed by atoms with Crippen LogP contribution in [0.4, 0.5) is 11.4 Å². The minimum atomic E-state index is -0.0971. The molecule has 0 aromatic heterocycles. The minimum Gasteiger partial charge on any atom is -0.399 e. The van der Waals surface area contributed by atoms with E-state index in [4.69, 9.17) is 11.5 Å². The second-order valence-corrected chi connectivity index (χ2v) is 6.00. The van der Waals surface area contributed by atoms with Gasteiger partial charge in [-0.1, -0.05) is 6.42 Å². The molecule has 0 spiro atoms. The van der Waals surface area contributed by atoms with Crippen molar-refractivity contribution in [2.75, 3.05) is 23.8 Å². The Bertz CT molecular complexity index is 410. The number of rotatable bonds is 3. The Kier molecular flexibility index (Phi) is 4.36. The summed E-state index contributed by atoms with van der Waals surface area (Å²) in [4.78, 5) is 12.0. The third kappa shape index (κ3) is 3.57. The molecule has 5 N–H and O–H groups in total. The highest BCUT2D eigenvalue weighted by Gasteiger charge is 2.15.